The molecule has 0 aromatic carbocycles. The molecule has 0 heterocycles. The first-order valence-electron chi connectivity index (χ1n) is 16.8. The quantitative estimate of drug-likeness (QED) is 0.0891. The van der Waals surface area contributed by atoms with E-state index < -0.39 is 0 Å². The summed E-state index contributed by atoms with van der Waals surface area (Å²) in [5.41, 5.74) is 0. The summed E-state index contributed by atoms with van der Waals surface area (Å²) >= 11 is 0. The Bertz CT molecular complexity index is 301. The van der Waals surface area contributed by atoms with Crippen LogP contribution in [0.25, 0.3) is 0 Å². The molecule has 0 aliphatic heterocycles. The Hall–Kier alpha value is -0.0800. The highest BCUT2D eigenvalue weighted by atomic mass is 16.5. The second-order valence-corrected chi connectivity index (χ2v) is 11.2. The van der Waals surface area contributed by atoms with Crippen LogP contribution in [0.4, 0.5) is 0 Å². The molecule has 2 nitrogen and oxygen atoms in total. The molecule has 0 aliphatic carbocycles. The van der Waals surface area contributed by atoms with E-state index >= 15 is 0 Å². The van der Waals surface area contributed by atoms with Crippen molar-refractivity contribution in [1.29, 1.82) is 0 Å². The molecular weight excluding hydrogens is 440 g/mol. The van der Waals surface area contributed by atoms with Gasteiger partial charge in [0.1, 0.15) is 0 Å². The zero-order chi connectivity index (χ0) is 26.6. The number of unbranched alkanes of at least 4 members (excludes halogenated alkanes) is 26. The van der Waals surface area contributed by atoms with Crippen molar-refractivity contribution < 1.29 is 9.47 Å². The predicted octanol–water partition coefficient (Wildman–Crippen LogP) is 12.2. The summed E-state index contributed by atoms with van der Waals surface area (Å²) in [6.45, 7) is 6.59. The van der Waals surface area contributed by atoms with E-state index in [0.29, 0.717) is 0 Å². The number of hydrogen-bond acceptors (Lipinski definition) is 2. The molecule has 0 aromatic heterocycles. The predicted molar refractivity (Wildman–Crippen MR) is 164 cm³/mol. The number of hydrogen-bond donors (Lipinski definition) is 0. The minimum Gasteiger partial charge on any atom is -0.388 e. The topological polar surface area (TPSA) is 18.5 Å². The Morgan fingerprint density at radius 2 is 0.444 bits per heavy atom. The van der Waals surface area contributed by atoms with E-state index in [2.05, 4.69) is 18.6 Å². The molecule has 0 atom stereocenters. The molecule has 0 unspecified atom stereocenters. The normalized spacial score (nSPS) is 11.0. The van der Waals surface area contributed by atoms with E-state index in [0.717, 1.165) is 13.2 Å². The van der Waals surface area contributed by atoms with Gasteiger partial charge in [-0.25, -0.2) is 0 Å². The van der Waals surface area contributed by atoms with Crippen molar-refractivity contribution in [1.82, 2.24) is 0 Å². The van der Waals surface area contributed by atoms with Gasteiger partial charge in [0.25, 0.3) is 0 Å². The minimum absolute atomic E-state index is 0.997. The SMILES string of the molecule is CCCCCCCCCCCCCCCCOCCCCCCCCCCCCCCCC.COC. The lowest BCUT2D eigenvalue weighted by Gasteiger charge is -2.05. The smallest absolute Gasteiger partial charge is 0.0466 e. The molecule has 0 saturated heterocycles. The summed E-state index contributed by atoms with van der Waals surface area (Å²) in [5, 5.41) is 0. The summed E-state index contributed by atoms with van der Waals surface area (Å²) in [7, 11) is 3.25. The van der Waals surface area contributed by atoms with Crippen molar-refractivity contribution in [2.24, 2.45) is 0 Å². The second kappa shape index (κ2) is 39.4. The van der Waals surface area contributed by atoms with Gasteiger partial charge in [-0.2, -0.15) is 0 Å². The Morgan fingerprint density at radius 1 is 0.278 bits per heavy atom. The molecule has 0 fully saturated rings. The Balaban J connectivity index is 0. The second-order valence-electron chi connectivity index (χ2n) is 11.2. The van der Waals surface area contributed by atoms with Crippen molar-refractivity contribution in [3.05, 3.63) is 0 Å². The van der Waals surface area contributed by atoms with Crippen LogP contribution in [-0.4, -0.2) is 27.4 Å². The summed E-state index contributed by atoms with van der Waals surface area (Å²) in [6.07, 6.45) is 40.1. The molecule has 36 heavy (non-hydrogen) atoms. The zero-order valence-corrected chi connectivity index (χ0v) is 26.0. The largest absolute Gasteiger partial charge is 0.388 e. The van der Waals surface area contributed by atoms with Crippen LogP contribution in [0.2, 0.25) is 0 Å². The Morgan fingerprint density at radius 3 is 0.639 bits per heavy atom. The molecule has 0 aliphatic rings. The van der Waals surface area contributed by atoms with Gasteiger partial charge in [0.05, 0.1) is 0 Å². The summed E-state index contributed by atoms with van der Waals surface area (Å²) < 4.78 is 10.1. The Labute approximate surface area is 230 Å². The monoisotopic (exact) mass is 513 g/mol. The number of rotatable bonds is 30. The third-order valence-electron chi connectivity index (χ3n) is 7.28. The lowest BCUT2D eigenvalue weighted by atomic mass is 10.0. The van der Waals surface area contributed by atoms with E-state index in [1.807, 2.05) is 0 Å². The summed E-state index contributed by atoms with van der Waals surface area (Å²) in [5.74, 6) is 0. The first kappa shape index (κ1) is 38.1. The van der Waals surface area contributed by atoms with Crippen molar-refractivity contribution >= 4 is 0 Å². The average Bonchev–Trinajstić information content (AvgIpc) is 2.88. The number of ether oxygens (including phenoxy) is 2. The van der Waals surface area contributed by atoms with Crippen LogP contribution in [0.1, 0.15) is 194 Å². The maximum atomic E-state index is 5.85. The molecule has 0 spiro atoms. The van der Waals surface area contributed by atoms with Crippen LogP contribution in [0.15, 0.2) is 0 Å². The van der Waals surface area contributed by atoms with Gasteiger partial charge in [-0.15, -0.1) is 0 Å². The molecule has 0 bridgehead atoms. The van der Waals surface area contributed by atoms with Gasteiger partial charge >= 0.3 is 0 Å². The molecule has 220 valence electrons. The van der Waals surface area contributed by atoms with Gasteiger partial charge in [-0.1, -0.05) is 181 Å². The molecule has 0 N–H and O–H groups in total. The highest BCUT2D eigenvalue weighted by Gasteiger charge is 1.96. The van der Waals surface area contributed by atoms with E-state index in [1.54, 1.807) is 14.2 Å². The lowest BCUT2D eigenvalue weighted by molar-refractivity contribution is 0.125. The molecule has 0 amide bonds. The van der Waals surface area contributed by atoms with Gasteiger partial charge in [-0.05, 0) is 12.8 Å². The van der Waals surface area contributed by atoms with E-state index in [9.17, 15) is 0 Å². The maximum Gasteiger partial charge on any atom is 0.0466 e. The van der Waals surface area contributed by atoms with Crippen LogP contribution >= 0.6 is 0 Å². The fraction of sp³-hybridized carbons (Fsp3) is 1.00. The molecule has 0 aromatic rings. The average molecular weight is 513 g/mol. The molecule has 0 saturated carbocycles. The standard InChI is InChI=1S/C32H66O.C2H6O/c1-3-5-7-9-11-13-15-17-19-21-23-25-27-29-31-33-32-30-28-26-24-22-20-18-16-14-12-10-8-6-4-2;1-3-2/h3-32H2,1-2H3;1-2H3. The highest BCUT2D eigenvalue weighted by molar-refractivity contribution is 4.51. The van der Waals surface area contributed by atoms with Crippen molar-refractivity contribution in [2.45, 2.75) is 194 Å². The van der Waals surface area contributed by atoms with Gasteiger partial charge in [0.2, 0.25) is 0 Å². The molecular formula is C34H72O2. The third kappa shape index (κ3) is 41.1. The van der Waals surface area contributed by atoms with Crippen LogP contribution in [-0.2, 0) is 9.47 Å². The molecule has 2 heteroatoms. The van der Waals surface area contributed by atoms with E-state index in [-0.39, 0.29) is 0 Å². The van der Waals surface area contributed by atoms with Crippen molar-refractivity contribution in [3.8, 4) is 0 Å². The van der Waals surface area contributed by atoms with Crippen LogP contribution < -0.4 is 0 Å². The summed E-state index contributed by atoms with van der Waals surface area (Å²) in [4.78, 5) is 0. The van der Waals surface area contributed by atoms with Crippen molar-refractivity contribution in [3.63, 3.8) is 0 Å². The van der Waals surface area contributed by atoms with Crippen molar-refractivity contribution in [2.75, 3.05) is 27.4 Å². The lowest BCUT2D eigenvalue weighted by Crippen LogP contribution is -1.97. The number of methoxy groups -OCH3 is 1. The van der Waals surface area contributed by atoms with Gasteiger partial charge in [0, 0.05) is 27.4 Å². The maximum absolute atomic E-state index is 5.85. The van der Waals surface area contributed by atoms with E-state index in [4.69, 9.17) is 4.74 Å². The fourth-order valence-corrected chi connectivity index (χ4v) is 4.90. The minimum atomic E-state index is 0.997. The highest BCUT2D eigenvalue weighted by Crippen LogP contribution is 2.14. The van der Waals surface area contributed by atoms with Crippen LogP contribution in [0, 0.1) is 0 Å². The Kier molecular flexibility index (Phi) is 41.7. The first-order valence-corrected chi connectivity index (χ1v) is 16.8. The summed E-state index contributed by atoms with van der Waals surface area (Å²) in [6, 6.07) is 0. The van der Waals surface area contributed by atoms with Gasteiger partial charge in [-0.3, -0.25) is 0 Å². The zero-order valence-electron chi connectivity index (χ0n) is 26.0. The first-order chi connectivity index (χ1) is 17.8. The fourth-order valence-electron chi connectivity index (χ4n) is 4.90. The van der Waals surface area contributed by atoms with Crippen LogP contribution in [0.5, 0.6) is 0 Å². The molecule has 0 rings (SSSR count). The van der Waals surface area contributed by atoms with Gasteiger partial charge in [0.15, 0.2) is 0 Å². The third-order valence-corrected chi connectivity index (χ3v) is 7.28. The van der Waals surface area contributed by atoms with Gasteiger partial charge < -0.3 is 9.47 Å². The van der Waals surface area contributed by atoms with Crippen LogP contribution in [0.3, 0.4) is 0 Å². The van der Waals surface area contributed by atoms with E-state index in [1.165, 1.54) is 180 Å². The molecule has 0 radical (unpaired) electrons.